The first-order chi connectivity index (χ1) is 7.95. The minimum Gasteiger partial charge on any atom is -0.381 e. The molecule has 2 heterocycles. The second-order valence-corrected chi connectivity index (χ2v) is 3.96. The van der Waals surface area contributed by atoms with Crippen LogP contribution in [-0.4, -0.2) is 28.0 Å². The van der Waals surface area contributed by atoms with Gasteiger partial charge in [0.15, 0.2) is 0 Å². The number of para-hydroxylation sites is 1. The molecule has 0 spiro atoms. The fourth-order valence-corrected chi connectivity index (χ4v) is 2.05. The van der Waals surface area contributed by atoms with E-state index >= 15 is 0 Å². The quantitative estimate of drug-likeness (QED) is 0.766. The van der Waals surface area contributed by atoms with Crippen molar-refractivity contribution in [3.8, 4) is 5.69 Å². The second kappa shape index (κ2) is 4.06. The van der Waals surface area contributed by atoms with Gasteiger partial charge in [-0.05, 0) is 18.6 Å². The lowest BCUT2D eigenvalue weighted by Gasteiger charge is -2.09. The Bertz CT molecular complexity index is 460. The topological polar surface area (TPSA) is 39.9 Å². The molecule has 1 unspecified atom stereocenters. The Labute approximate surface area is 93.9 Å². The van der Waals surface area contributed by atoms with Gasteiger partial charge in [-0.2, -0.15) is 0 Å². The van der Waals surface area contributed by atoms with Crippen LogP contribution in [0, 0.1) is 0 Å². The minimum absolute atomic E-state index is 0.378. The Balaban J connectivity index is 1.99. The molecule has 0 saturated carbocycles. The zero-order valence-electron chi connectivity index (χ0n) is 8.91. The molecule has 0 amide bonds. The Kier molecular flexibility index (Phi) is 2.42. The molecule has 1 aliphatic heterocycles. The van der Waals surface area contributed by atoms with Crippen molar-refractivity contribution in [1.29, 1.82) is 0 Å². The monoisotopic (exact) mass is 215 g/mol. The summed E-state index contributed by atoms with van der Waals surface area (Å²) in [4.78, 5) is 0. The summed E-state index contributed by atoms with van der Waals surface area (Å²) in [7, 11) is 0. The first-order valence-electron chi connectivity index (χ1n) is 5.48. The Morgan fingerprint density at radius 2 is 2.12 bits per heavy atom. The highest BCUT2D eigenvalue weighted by Gasteiger charge is 2.23. The minimum atomic E-state index is 0.378. The molecule has 2 aromatic rings. The Morgan fingerprint density at radius 3 is 2.88 bits per heavy atom. The van der Waals surface area contributed by atoms with Crippen LogP contribution in [0.2, 0.25) is 0 Å². The molecule has 1 aliphatic rings. The van der Waals surface area contributed by atoms with Gasteiger partial charge in [0.2, 0.25) is 0 Å². The molecule has 82 valence electrons. The maximum Gasteiger partial charge on any atom is 0.142 e. The summed E-state index contributed by atoms with van der Waals surface area (Å²) in [6, 6.07) is 10.2. The van der Waals surface area contributed by atoms with Gasteiger partial charge in [0.1, 0.15) is 12.2 Å². The van der Waals surface area contributed by atoms with Crippen molar-refractivity contribution in [3.05, 3.63) is 42.5 Å². The van der Waals surface area contributed by atoms with Gasteiger partial charge in [-0.3, -0.25) is 4.57 Å². The average Bonchev–Trinajstić information content (AvgIpc) is 3.01. The van der Waals surface area contributed by atoms with Crippen LogP contribution in [-0.2, 0) is 4.74 Å². The molecule has 1 aromatic heterocycles. The van der Waals surface area contributed by atoms with Crippen molar-refractivity contribution in [2.45, 2.75) is 12.3 Å². The van der Waals surface area contributed by atoms with Crippen molar-refractivity contribution in [2.24, 2.45) is 0 Å². The van der Waals surface area contributed by atoms with Crippen LogP contribution in [0.5, 0.6) is 0 Å². The van der Waals surface area contributed by atoms with Gasteiger partial charge in [-0.1, -0.05) is 18.2 Å². The molecule has 0 aliphatic carbocycles. The van der Waals surface area contributed by atoms with E-state index in [9.17, 15) is 0 Å². The summed E-state index contributed by atoms with van der Waals surface area (Å²) in [5, 5.41) is 8.21. The zero-order chi connectivity index (χ0) is 10.8. The summed E-state index contributed by atoms with van der Waals surface area (Å²) >= 11 is 0. The van der Waals surface area contributed by atoms with E-state index in [1.54, 1.807) is 6.33 Å². The van der Waals surface area contributed by atoms with Crippen LogP contribution >= 0.6 is 0 Å². The van der Waals surface area contributed by atoms with Gasteiger partial charge in [0.05, 0.1) is 6.61 Å². The highest BCUT2D eigenvalue weighted by atomic mass is 16.5. The van der Waals surface area contributed by atoms with Crippen molar-refractivity contribution in [2.75, 3.05) is 13.2 Å². The number of hydrogen-bond donors (Lipinski definition) is 0. The molecule has 3 rings (SSSR count). The van der Waals surface area contributed by atoms with Crippen molar-refractivity contribution in [3.63, 3.8) is 0 Å². The fraction of sp³-hybridized carbons (Fsp3) is 0.333. The maximum absolute atomic E-state index is 5.39. The Morgan fingerprint density at radius 1 is 1.25 bits per heavy atom. The van der Waals surface area contributed by atoms with E-state index in [2.05, 4.69) is 22.3 Å². The summed E-state index contributed by atoms with van der Waals surface area (Å²) in [6.45, 7) is 1.58. The van der Waals surface area contributed by atoms with Gasteiger partial charge in [0.25, 0.3) is 0 Å². The van der Waals surface area contributed by atoms with Crippen LogP contribution in [0.4, 0.5) is 0 Å². The molecule has 1 fully saturated rings. The summed E-state index contributed by atoms with van der Waals surface area (Å²) < 4.78 is 7.43. The predicted molar refractivity (Wildman–Crippen MR) is 59.5 cm³/mol. The van der Waals surface area contributed by atoms with Crippen molar-refractivity contribution >= 4 is 0 Å². The van der Waals surface area contributed by atoms with Crippen LogP contribution < -0.4 is 0 Å². The molecular formula is C12H13N3O. The number of ether oxygens (including phenoxy) is 1. The molecule has 4 nitrogen and oxygen atoms in total. The molecule has 1 aromatic carbocycles. The first kappa shape index (κ1) is 9.54. The van der Waals surface area contributed by atoms with Crippen LogP contribution in [0.1, 0.15) is 18.2 Å². The van der Waals surface area contributed by atoms with E-state index in [4.69, 9.17) is 4.74 Å². The molecule has 0 radical (unpaired) electrons. The van der Waals surface area contributed by atoms with E-state index < -0.39 is 0 Å². The van der Waals surface area contributed by atoms with E-state index in [-0.39, 0.29) is 0 Å². The van der Waals surface area contributed by atoms with E-state index in [0.717, 1.165) is 31.1 Å². The van der Waals surface area contributed by atoms with Crippen molar-refractivity contribution in [1.82, 2.24) is 14.8 Å². The largest absolute Gasteiger partial charge is 0.381 e. The third-order valence-electron chi connectivity index (χ3n) is 2.90. The van der Waals surface area contributed by atoms with Gasteiger partial charge in [-0.25, -0.2) is 0 Å². The summed E-state index contributed by atoms with van der Waals surface area (Å²) in [6.07, 6.45) is 2.80. The maximum atomic E-state index is 5.39. The fourth-order valence-electron chi connectivity index (χ4n) is 2.05. The predicted octanol–water partition coefficient (Wildman–Crippen LogP) is 1.77. The molecule has 1 saturated heterocycles. The number of benzene rings is 1. The van der Waals surface area contributed by atoms with E-state index in [1.807, 2.05) is 22.8 Å². The standard InChI is InChI=1S/C12H13N3O/c1-2-4-11(5-3-1)15-9-13-14-12(15)10-6-7-16-8-10/h1-5,9-10H,6-8H2. The molecule has 4 heteroatoms. The lowest BCUT2D eigenvalue weighted by molar-refractivity contribution is 0.193. The molecule has 0 bridgehead atoms. The zero-order valence-corrected chi connectivity index (χ0v) is 8.91. The number of hydrogen-bond acceptors (Lipinski definition) is 3. The lowest BCUT2D eigenvalue weighted by atomic mass is 10.1. The third-order valence-corrected chi connectivity index (χ3v) is 2.90. The smallest absolute Gasteiger partial charge is 0.142 e. The van der Waals surface area contributed by atoms with Crippen LogP contribution in [0.25, 0.3) is 5.69 Å². The number of rotatable bonds is 2. The summed E-state index contributed by atoms with van der Waals surface area (Å²) in [5.74, 6) is 1.38. The lowest BCUT2D eigenvalue weighted by Crippen LogP contribution is -2.07. The van der Waals surface area contributed by atoms with E-state index in [1.165, 1.54) is 0 Å². The van der Waals surface area contributed by atoms with Crippen LogP contribution in [0.15, 0.2) is 36.7 Å². The first-order valence-corrected chi connectivity index (χ1v) is 5.48. The second-order valence-electron chi connectivity index (χ2n) is 3.96. The van der Waals surface area contributed by atoms with E-state index in [0.29, 0.717) is 5.92 Å². The normalized spacial score (nSPS) is 20.1. The SMILES string of the molecule is c1ccc(-n2cnnc2C2CCOC2)cc1. The van der Waals surface area contributed by atoms with Gasteiger partial charge in [0, 0.05) is 18.2 Å². The molecular weight excluding hydrogens is 202 g/mol. The molecule has 0 N–H and O–H groups in total. The number of nitrogens with zero attached hydrogens (tertiary/aromatic N) is 3. The average molecular weight is 215 g/mol. The highest BCUT2D eigenvalue weighted by Crippen LogP contribution is 2.24. The van der Waals surface area contributed by atoms with Gasteiger partial charge in [-0.15, -0.1) is 10.2 Å². The Hall–Kier alpha value is -1.68. The van der Waals surface area contributed by atoms with Crippen LogP contribution in [0.3, 0.4) is 0 Å². The summed E-state index contributed by atoms with van der Waals surface area (Å²) in [5.41, 5.74) is 1.11. The van der Waals surface area contributed by atoms with Crippen molar-refractivity contribution < 1.29 is 4.74 Å². The van der Waals surface area contributed by atoms with Gasteiger partial charge < -0.3 is 4.74 Å². The molecule has 16 heavy (non-hydrogen) atoms. The third kappa shape index (κ3) is 1.61. The van der Waals surface area contributed by atoms with Gasteiger partial charge >= 0.3 is 0 Å². The molecule has 1 atom stereocenters. The highest BCUT2D eigenvalue weighted by molar-refractivity contribution is 5.32. The number of aromatic nitrogens is 3.